The first-order chi connectivity index (χ1) is 7.25. The van der Waals surface area contributed by atoms with Gasteiger partial charge in [0.1, 0.15) is 11.6 Å². The molecule has 3 N–H and O–H groups in total. The van der Waals surface area contributed by atoms with E-state index < -0.39 is 0 Å². The molecule has 78 valence electrons. The van der Waals surface area contributed by atoms with E-state index in [1.807, 2.05) is 12.1 Å². The quantitative estimate of drug-likeness (QED) is 0.834. The maximum Gasteiger partial charge on any atom is 0.128 e. The van der Waals surface area contributed by atoms with E-state index in [9.17, 15) is 0 Å². The van der Waals surface area contributed by atoms with Crippen LogP contribution in [0.5, 0.6) is 0 Å². The molecule has 0 saturated heterocycles. The molecule has 0 aliphatic carbocycles. The molecular formula is C11H13N3S. The maximum atomic E-state index is 5.60. The second kappa shape index (κ2) is 4.31. The highest BCUT2D eigenvalue weighted by atomic mass is 32.1. The van der Waals surface area contributed by atoms with E-state index in [1.165, 1.54) is 5.56 Å². The Morgan fingerprint density at radius 3 is 2.93 bits per heavy atom. The van der Waals surface area contributed by atoms with Gasteiger partial charge in [-0.05, 0) is 41.4 Å². The van der Waals surface area contributed by atoms with Crippen molar-refractivity contribution in [3.05, 3.63) is 40.6 Å². The van der Waals surface area contributed by atoms with E-state index in [-0.39, 0.29) is 6.04 Å². The zero-order valence-electron chi connectivity index (χ0n) is 8.47. The van der Waals surface area contributed by atoms with E-state index in [2.05, 4.69) is 34.1 Å². The van der Waals surface area contributed by atoms with Crippen LogP contribution >= 0.6 is 11.3 Å². The molecule has 0 aliphatic heterocycles. The lowest BCUT2D eigenvalue weighted by Gasteiger charge is -2.13. The van der Waals surface area contributed by atoms with E-state index in [0.717, 1.165) is 5.82 Å². The van der Waals surface area contributed by atoms with Gasteiger partial charge >= 0.3 is 0 Å². The molecule has 2 aromatic heterocycles. The summed E-state index contributed by atoms with van der Waals surface area (Å²) in [4.78, 5) is 4.19. The number of aromatic nitrogens is 1. The molecular weight excluding hydrogens is 206 g/mol. The van der Waals surface area contributed by atoms with Crippen LogP contribution in [0.4, 0.5) is 11.6 Å². The summed E-state index contributed by atoms with van der Waals surface area (Å²) in [6.07, 6.45) is 0. The van der Waals surface area contributed by atoms with Crippen molar-refractivity contribution in [2.45, 2.75) is 13.0 Å². The fraction of sp³-hybridized carbons (Fsp3) is 0.182. The number of hydrogen-bond donors (Lipinski definition) is 2. The summed E-state index contributed by atoms with van der Waals surface area (Å²) >= 11 is 1.70. The van der Waals surface area contributed by atoms with Gasteiger partial charge in [0.05, 0.1) is 6.04 Å². The molecule has 0 radical (unpaired) electrons. The lowest BCUT2D eigenvalue weighted by molar-refractivity contribution is 0.881. The van der Waals surface area contributed by atoms with Crippen molar-refractivity contribution >= 4 is 23.0 Å². The van der Waals surface area contributed by atoms with Crippen molar-refractivity contribution in [3.63, 3.8) is 0 Å². The fourth-order valence-electron chi connectivity index (χ4n) is 1.36. The molecule has 0 amide bonds. The molecule has 1 atom stereocenters. The Bertz CT molecular complexity index is 425. The molecule has 4 heteroatoms. The van der Waals surface area contributed by atoms with Crippen molar-refractivity contribution in [1.82, 2.24) is 4.98 Å². The monoisotopic (exact) mass is 219 g/mol. The Labute approximate surface area is 93.0 Å². The zero-order chi connectivity index (χ0) is 10.7. The highest BCUT2D eigenvalue weighted by Crippen LogP contribution is 2.20. The van der Waals surface area contributed by atoms with Crippen LogP contribution in [0.15, 0.2) is 35.0 Å². The van der Waals surface area contributed by atoms with Crippen LogP contribution in [0.1, 0.15) is 18.5 Å². The average molecular weight is 219 g/mol. The molecule has 1 unspecified atom stereocenters. The van der Waals surface area contributed by atoms with Crippen molar-refractivity contribution in [2.75, 3.05) is 11.1 Å². The lowest BCUT2D eigenvalue weighted by Crippen LogP contribution is -2.07. The standard InChI is InChI=1S/C11H13N3S/c1-8(9-5-6-15-7-9)13-11-4-2-3-10(12)14-11/h2-8H,1H3,(H3,12,13,14). The van der Waals surface area contributed by atoms with E-state index >= 15 is 0 Å². The summed E-state index contributed by atoms with van der Waals surface area (Å²) in [5.41, 5.74) is 6.87. The third-order valence-corrected chi connectivity index (χ3v) is 2.88. The van der Waals surface area contributed by atoms with Gasteiger partial charge in [0.2, 0.25) is 0 Å². The van der Waals surface area contributed by atoms with E-state index in [4.69, 9.17) is 5.73 Å². The van der Waals surface area contributed by atoms with Crippen molar-refractivity contribution < 1.29 is 0 Å². The van der Waals surface area contributed by atoms with Crippen LogP contribution in [-0.2, 0) is 0 Å². The van der Waals surface area contributed by atoms with Gasteiger partial charge in [-0.3, -0.25) is 0 Å². The van der Waals surface area contributed by atoms with Crippen LogP contribution in [0.2, 0.25) is 0 Å². The maximum absolute atomic E-state index is 5.60. The number of nitrogens with zero attached hydrogens (tertiary/aromatic N) is 1. The summed E-state index contributed by atoms with van der Waals surface area (Å²) in [6.45, 7) is 2.10. The summed E-state index contributed by atoms with van der Waals surface area (Å²) in [7, 11) is 0. The predicted octanol–water partition coefficient (Wildman–Crippen LogP) is 2.90. The topological polar surface area (TPSA) is 50.9 Å². The van der Waals surface area contributed by atoms with Crippen molar-refractivity contribution in [2.24, 2.45) is 0 Å². The van der Waals surface area contributed by atoms with E-state index in [1.54, 1.807) is 17.4 Å². The largest absolute Gasteiger partial charge is 0.384 e. The first kappa shape index (κ1) is 9.98. The number of pyridine rings is 1. The molecule has 0 bridgehead atoms. The van der Waals surface area contributed by atoms with Gasteiger partial charge in [-0.15, -0.1) is 0 Å². The molecule has 15 heavy (non-hydrogen) atoms. The van der Waals surface area contributed by atoms with Gasteiger partial charge < -0.3 is 11.1 Å². The SMILES string of the molecule is CC(Nc1cccc(N)n1)c1ccsc1. The molecule has 0 aromatic carbocycles. The Hall–Kier alpha value is -1.55. The van der Waals surface area contributed by atoms with E-state index in [0.29, 0.717) is 5.82 Å². The molecule has 2 heterocycles. The Balaban J connectivity index is 2.09. The van der Waals surface area contributed by atoms with Gasteiger partial charge in [0.25, 0.3) is 0 Å². The number of anilines is 2. The third-order valence-electron chi connectivity index (χ3n) is 2.18. The van der Waals surface area contributed by atoms with Gasteiger partial charge in [-0.2, -0.15) is 11.3 Å². The highest BCUT2D eigenvalue weighted by molar-refractivity contribution is 7.07. The number of rotatable bonds is 3. The number of nitrogens with two attached hydrogens (primary N) is 1. The van der Waals surface area contributed by atoms with Crippen LogP contribution in [-0.4, -0.2) is 4.98 Å². The second-order valence-corrected chi connectivity index (χ2v) is 4.15. The predicted molar refractivity (Wildman–Crippen MR) is 65.0 cm³/mol. The van der Waals surface area contributed by atoms with Gasteiger partial charge in [-0.25, -0.2) is 4.98 Å². The molecule has 0 aliphatic rings. The Kier molecular flexibility index (Phi) is 2.87. The van der Waals surface area contributed by atoms with Crippen molar-refractivity contribution in [1.29, 1.82) is 0 Å². The molecule has 3 nitrogen and oxygen atoms in total. The molecule has 0 saturated carbocycles. The fourth-order valence-corrected chi connectivity index (χ4v) is 2.11. The lowest BCUT2D eigenvalue weighted by atomic mass is 10.2. The minimum atomic E-state index is 0.255. The number of nitrogen functional groups attached to an aromatic ring is 1. The van der Waals surface area contributed by atoms with Crippen LogP contribution in [0.25, 0.3) is 0 Å². The first-order valence-electron chi connectivity index (χ1n) is 4.77. The van der Waals surface area contributed by atoms with Crippen molar-refractivity contribution in [3.8, 4) is 0 Å². The zero-order valence-corrected chi connectivity index (χ0v) is 9.29. The Morgan fingerprint density at radius 2 is 2.27 bits per heavy atom. The van der Waals surface area contributed by atoms with Gasteiger partial charge in [0, 0.05) is 0 Å². The molecule has 2 aromatic rings. The molecule has 0 fully saturated rings. The van der Waals surface area contributed by atoms with Crippen LogP contribution in [0, 0.1) is 0 Å². The number of hydrogen-bond acceptors (Lipinski definition) is 4. The summed E-state index contributed by atoms with van der Waals surface area (Å²) in [5, 5.41) is 7.50. The summed E-state index contributed by atoms with van der Waals surface area (Å²) in [6, 6.07) is 7.95. The number of nitrogens with one attached hydrogen (secondary N) is 1. The minimum absolute atomic E-state index is 0.255. The number of thiophene rings is 1. The first-order valence-corrected chi connectivity index (χ1v) is 5.71. The smallest absolute Gasteiger partial charge is 0.128 e. The second-order valence-electron chi connectivity index (χ2n) is 3.37. The molecule has 0 spiro atoms. The van der Waals surface area contributed by atoms with Gasteiger partial charge in [0.15, 0.2) is 0 Å². The highest BCUT2D eigenvalue weighted by Gasteiger charge is 2.05. The third kappa shape index (κ3) is 2.47. The normalized spacial score (nSPS) is 12.3. The van der Waals surface area contributed by atoms with Crippen LogP contribution < -0.4 is 11.1 Å². The summed E-state index contributed by atoms with van der Waals surface area (Å²) < 4.78 is 0. The van der Waals surface area contributed by atoms with Crippen LogP contribution in [0.3, 0.4) is 0 Å². The Morgan fingerprint density at radius 1 is 1.40 bits per heavy atom. The minimum Gasteiger partial charge on any atom is -0.384 e. The molecule has 2 rings (SSSR count). The average Bonchev–Trinajstić information content (AvgIpc) is 2.70. The summed E-state index contributed by atoms with van der Waals surface area (Å²) in [5.74, 6) is 1.35. The van der Waals surface area contributed by atoms with Gasteiger partial charge in [-0.1, -0.05) is 6.07 Å².